The molecule has 0 fully saturated rings. The molecular formula is C18H15FN2O2. The van der Waals surface area contributed by atoms with Gasteiger partial charge in [-0.25, -0.2) is 4.39 Å². The number of nitrogens with zero attached hydrogens (tertiary/aromatic N) is 1. The van der Waals surface area contributed by atoms with Crippen molar-refractivity contribution in [2.24, 2.45) is 0 Å². The van der Waals surface area contributed by atoms with Crippen LogP contribution in [-0.2, 0) is 4.79 Å². The summed E-state index contributed by atoms with van der Waals surface area (Å²) >= 11 is 0. The van der Waals surface area contributed by atoms with E-state index in [0.29, 0.717) is 22.3 Å². The van der Waals surface area contributed by atoms with Gasteiger partial charge in [-0.2, -0.15) is 0 Å². The number of carbonyl (C=O) groups is 1. The lowest BCUT2D eigenvalue weighted by Crippen LogP contribution is -2.20. The van der Waals surface area contributed by atoms with Crippen molar-refractivity contribution in [3.63, 3.8) is 0 Å². The van der Waals surface area contributed by atoms with Crippen molar-refractivity contribution in [2.75, 3.05) is 11.9 Å². The van der Waals surface area contributed by atoms with E-state index in [0.717, 1.165) is 5.69 Å². The molecule has 0 aliphatic heterocycles. The van der Waals surface area contributed by atoms with E-state index in [4.69, 9.17) is 4.74 Å². The molecule has 2 aromatic carbocycles. The largest absolute Gasteiger partial charge is 0.484 e. The Morgan fingerprint density at radius 2 is 1.96 bits per heavy atom. The smallest absolute Gasteiger partial charge is 0.262 e. The van der Waals surface area contributed by atoms with Crippen molar-refractivity contribution in [1.29, 1.82) is 0 Å². The van der Waals surface area contributed by atoms with Crippen LogP contribution in [0.4, 0.5) is 10.1 Å². The summed E-state index contributed by atoms with van der Waals surface area (Å²) in [6, 6.07) is 15.1. The Bertz CT molecular complexity index is 850. The zero-order valence-corrected chi connectivity index (χ0v) is 12.5. The molecule has 116 valence electrons. The first-order chi connectivity index (χ1) is 11.1. The standard InChI is InChI=1S/C18H15FN2O2/c1-12-9-17(15-10-13(19)7-8-16(15)20-12)21-18(22)11-23-14-5-3-2-4-6-14/h2-10H,11H2,1H3,(H,20,21,22). The highest BCUT2D eigenvalue weighted by Gasteiger charge is 2.09. The van der Waals surface area contributed by atoms with Crippen LogP contribution in [0, 0.1) is 12.7 Å². The van der Waals surface area contributed by atoms with Gasteiger partial charge in [-0.15, -0.1) is 0 Å². The van der Waals surface area contributed by atoms with Gasteiger partial charge in [0.15, 0.2) is 6.61 Å². The monoisotopic (exact) mass is 310 g/mol. The Morgan fingerprint density at radius 3 is 2.74 bits per heavy atom. The summed E-state index contributed by atoms with van der Waals surface area (Å²) in [5, 5.41) is 3.31. The van der Waals surface area contributed by atoms with Crippen LogP contribution in [0.2, 0.25) is 0 Å². The van der Waals surface area contributed by atoms with Crippen LogP contribution < -0.4 is 10.1 Å². The average Bonchev–Trinajstić information content (AvgIpc) is 2.54. The Labute approximate surface area is 132 Å². The van der Waals surface area contributed by atoms with E-state index < -0.39 is 0 Å². The fourth-order valence-electron chi connectivity index (χ4n) is 2.29. The van der Waals surface area contributed by atoms with Crippen molar-refractivity contribution < 1.29 is 13.9 Å². The number of hydrogen-bond donors (Lipinski definition) is 1. The number of amides is 1. The van der Waals surface area contributed by atoms with Crippen LogP contribution in [-0.4, -0.2) is 17.5 Å². The van der Waals surface area contributed by atoms with E-state index in [-0.39, 0.29) is 18.3 Å². The molecule has 0 aliphatic carbocycles. The Balaban J connectivity index is 1.78. The summed E-state index contributed by atoms with van der Waals surface area (Å²) < 4.78 is 18.9. The molecule has 0 unspecified atom stereocenters. The van der Waals surface area contributed by atoms with E-state index in [9.17, 15) is 9.18 Å². The van der Waals surface area contributed by atoms with Crippen molar-refractivity contribution in [3.8, 4) is 5.75 Å². The molecule has 5 heteroatoms. The first-order valence-electron chi connectivity index (χ1n) is 7.16. The Morgan fingerprint density at radius 1 is 1.17 bits per heavy atom. The highest BCUT2D eigenvalue weighted by Crippen LogP contribution is 2.24. The Kier molecular flexibility index (Phi) is 4.19. The highest BCUT2D eigenvalue weighted by atomic mass is 19.1. The van der Waals surface area contributed by atoms with E-state index in [1.807, 2.05) is 25.1 Å². The third kappa shape index (κ3) is 3.63. The molecule has 0 spiro atoms. The van der Waals surface area contributed by atoms with Gasteiger partial charge in [0.25, 0.3) is 5.91 Å². The summed E-state index contributed by atoms with van der Waals surface area (Å²) in [6.07, 6.45) is 0. The van der Waals surface area contributed by atoms with E-state index in [2.05, 4.69) is 10.3 Å². The summed E-state index contributed by atoms with van der Waals surface area (Å²) in [5.41, 5.74) is 1.89. The van der Waals surface area contributed by atoms with Crippen molar-refractivity contribution >= 4 is 22.5 Å². The first kappa shape index (κ1) is 15.0. The number of ether oxygens (including phenoxy) is 1. The lowest BCUT2D eigenvalue weighted by Gasteiger charge is -2.11. The van der Waals surface area contributed by atoms with Crippen LogP contribution in [0.1, 0.15) is 5.69 Å². The van der Waals surface area contributed by atoms with Crippen molar-refractivity contribution in [2.45, 2.75) is 6.92 Å². The minimum Gasteiger partial charge on any atom is -0.484 e. The fourth-order valence-corrected chi connectivity index (χ4v) is 2.29. The second kappa shape index (κ2) is 6.44. The van der Waals surface area contributed by atoms with Gasteiger partial charge in [0.2, 0.25) is 0 Å². The minimum atomic E-state index is -0.376. The third-order valence-corrected chi connectivity index (χ3v) is 3.29. The molecule has 1 heterocycles. The highest BCUT2D eigenvalue weighted by molar-refractivity contribution is 6.01. The lowest BCUT2D eigenvalue weighted by molar-refractivity contribution is -0.118. The molecule has 0 bridgehead atoms. The maximum atomic E-state index is 13.5. The molecule has 0 radical (unpaired) electrons. The molecule has 1 amide bonds. The second-order valence-electron chi connectivity index (χ2n) is 5.12. The van der Waals surface area contributed by atoms with Gasteiger partial charge in [-0.3, -0.25) is 9.78 Å². The molecule has 1 aromatic heterocycles. The Hall–Kier alpha value is -2.95. The summed E-state index contributed by atoms with van der Waals surface area (Å²) in [6.45, 7) is 1.70. The van der Waals surface area contributed by atoms with Crippen molar-refractivity contribution in [1.82, 2.24) is 4.98 Å². The van der Waals surface area contributed by atoms with Gasteiger partial charge in [0, 0.05) is 11.1 Å². The van der Waals surface area contributed by atoms with Crippen LogP contribution in [0.25, 0.3) is 10.9 Å². The number of halogens is 1. The number of para-hydroxylation sites is 1. The number of nitrogens with one attached hydrogen (secondary N) is 1. The summed E-state index contributed by atoms with van der Waals surface area (Å²) in [4.78, 5) is 16.4. The summed E-state index contributed by atoms with van der Waals surface area (Å²) in [5.74, 6) is -0.0753. The third-order valence-electron chi connectivity index (χ3n) is 3.29. The van der Waals surface area contributed by atoms with Gasteiger partial charge in [0.05, 0.1) is 11.2 Å². The van der Waals surface area contributed by atoms with Crippen LogP contribution in [0.5, 0.6) is 5.75 Å². The number of aromatic nitrogens is 1. The topological polar surface area (TPSA) is 51.2 Å². The normalized spacial score (nSPS) is 10.5. The van der Waals surface area contributed by atoms with Crippen LogP contribution in [0.15, 0.2) is 54.6 Å². The van der Waals surface area contributed by atoms with E-state index in [1.54, 1.807) is 24.3 Å². The fraction of sp³-hybridized carbons (Fsp3) is 0.111. The summed E-state index contributed by atoms with van der Waals surface area (Å²) in [7, 11) is 0. The quantitative estimate of drug-likeness (QED) is 0.799. The molecule has 0 saturated heterocycles. The average molecular weight is 310 g/mol. The molecule has 3 aromatic rings. The number of fused-ring (bicyclic) bond motifs is 1. The number of anilines is 1. The molecule has 3 rings (SSSR count). The molecule has 23 heavy (non-hydrogen) atoms. The molecule has 0 saturated carbocycles. The van der Waals surface area contributed by atoms with E-state index >= 15 is 0 Å². The molecule has 0 aliphatic rings. The molecular weight excluding hydrogens is 295 g/mol. The predicted molar refractivity (Wildman–Crippen MR) is 87.0 cm³/mol. The zero-order chi connectivity index (χ0) is 16.2. The predicted octanol–water partition coefficient (Wildman–Crippen LogP) is 3.70. The van der Waals surface area contributed by atoms with Crippen molar-refractivity contribution in [3.05, 3.63) is 66.1 Å². The number of benzene rings is 2. The number of pyridine rings is 1. The van der Waals surface area contributed by atoms with Gasteiger partial charge in [-0.1, -0.05) is 18.2 Å². The minimum absolute atomic E-state index is 0.123. The van der Waals surface area contributed by atoms with E-state index in [1.165, 1.54) is 12.1 Å². The lowest BCUT2D eigenvalue weighted by atomic mass is 10.1. The van der Waals surface area contributed by atoms with Gasteiger partial charge in [0.1, 0.15) is 11.6 Å². The maximum Gasteiger partial charge on any atom is 0.262 e. The molecule has 4 nitrogen and oxygen atoms in total. The number of hydrogen-bond acceptors (Lipinski definition) is 3. The van der Waals surface area contributed by atoms with Gasteiger partial charge >= 0.3 is 0 Å². The SMILES string of the molecule is Cc1cc(NC(=O)COc2ccccc2)c2cc(F)ccc2n1. The number of rotatable bonds is 4. The zero-order valence-electron chi connectivity index (χ0n) is 12.5. The van der Waals surface area contributed by atoms with Crippen LogP contribution >= 0.6 is 0 Å². The number of carbonyl (C=O) groups excluding carboxylic acids is 1. The van der Waals surface area contributed by atoms with Gasteiger partial charge < -0.3 is 10.1 Å². The van der Waals surface area contributed by atoms with Gasteiger partial charge in [-0.05, 0) is 43.3 Å². The number of aryl methyl sites for hydroxylation is 1. The first-order valence-corrected chi connectivity index (χ1v) is 7.16. The molecule has 0 atom stereocenters. The van der Waals surface area contributed by atoms with Crippen LogP contribution in [0.3, 0.4) is 0 Å². The second-order valence-corrected chi connectivity index (χ2v) is 5.12. The molecule has 1 N–H and O–H groups in total. The maximum absolute atomic E-state index is 13.5.